The van der Waals surface area contributed by atoms with Crippen LogP contribution >= 0.6 is 0 Å². The summed E-state index contributed by atoms with van der Waals surface area (Å²) in [6.45, 7) is 51.9. The van der Waals surface area contributed by atoms with Crippen LogP contribution in [-0.2, 0) is 69.1 Å². The van der Waals surface area contributed by atoms with Gasteiger partial charge in [-0.25, -0.2) is 0 Å². The number of benzene rings is 16. The number of hydrogen-bond acceptors (Lipinski definition) is 2. The van der Waals surface area contributed by atoms with Crippen LogP contribution in [0.15, 0.2) is 328 Å². The van der Waals surface area contributed by atoms with E-state index in [1.807, 2.05) is 0 Å². The lowest BCUT2D eigenvalue weighted by molar-refractivity contribution is 0.589. The zero-order valence-corrected chi connectivity index (χ0v) is 88.0. The summed E-state index contributed by atoms with van der Waals surface area (Å²) in [6, 6.07) is 130. The Hall–Kier alpha value is -13.2. The van der Waals surface area contributed by atoms with Gasteiger partial charge in [-0.05, 0) is 323 Å². The topological polar surface area (TPSA) is 16.3 Å². The number of aryl methyl sites for hydroxylation is 2. The average molecular weight is 1850 g/mol. The largest absolute Gasteiger partial charge is 0.342 e. The summed E-state index contributed by atoms with van der Waals surface area (Å²) in [5, 5.41) is 5.26. The molecule has 5 heteroatoms. The monoisotopic (exact) mass is 1850 g/mol. The molecule has 4 heterocycles. The third-order valence-corrected chi connectivity index (χ3v) is 32.6. The second-order valence-corrected chi connectivity index (χ2v) is 49.2. The molecule has 0 bridgehead atoms. The highest BCUT2D eigenvalue weighted by Crippen LogP contribution is 2.64. The lowest BCUT2D eigenvalue weighted by atomic mass is 9.33. The van der Waals surface area contributed by atoms with E-state index in [0.717, 1.165) is 77.4 Å². The van der Waals surface area contributed by atoms with Crippen LogP contribution in [0.3, 0.4) is 0 Å². The van der Waals surface area contributed by atoms with Crippen molar-refractivity contribution in [2.75, 3.05) is 22.9 Å². The Balaban J connectivity index is 0.703. The Labute approximate surface area is 846 Å². The third-order valence-electron chi connectivity index (χ3n) is 32.6. The van der Waals surface area contributed by atoms with E-state index in [4.69, 9.17) is 0 Å². The van der Waals surface area contributed by atoms with Gasteiger partial charge < -0.3 is 18.9 Å². The second-order valence-electron chi connectivity index (χ2n) is 49.2. The first-order valence-corrected chi connectivity index (χ1v) is 53.0. The van der Waals surface area contributed by atoms with E-state index in [9.17, 15) is 0 Å². The van der Waals surface area contributed by atoms with Gasteiger partial charge in [-0.2, -0.15) is 0 Å². The number of rotatable bonds is 20. The standard InChI is InChI=1S/C137H141BN4/c1-130(2,3)93-62-54-89(55-63-93)101-44-35-45-102(90-56-64-94(65-57-90)131(4,5)6)105(101)39-23-22-33-77-140-126-85-100(142-123-52-31-27-43-110(123)114-86-111-109-42-26-30-51-117(109)137(118(111)87-124(114)142)115-49-28-24-40-107(115)108-41-25-29-50-116(108)137)72-74-120(126)138-119-73-53-88(38-32-34-78-139-121-75-70-97(134(13,14)15)81-112(121)113-82-98(135(16,17)18)71-76-122(113)139)80-125(119)141(128-84-99(136(19,20)21)83-127(140)129(128)138)79-37-48-106-103(91-58-66-95(67-59-91)132(7,8)9)46-36-47-104(106)92-60-68-96(69-61-92)133(10,11)12/h24-31,35-36,40-47,49-76,80-87H,22-23,32-34,37-39,48,77-79H2,1-21H3. The van der Waals surface area contributed by atoms with Gasteiger partial charge in [0.15, 0.2) is 0 Å². The first kappa shape index (κ1) is 93.7. The number of nitrogens with zero attached hydrogens (tertiary/aromatic N) is 4. The summed E-state index contributed by atoms with van der Waals surface area (Å²) in [6.07, 6.45) is 8.91. The molecule has 4 nitrogen and oxygen atoms in total. The maximum absolute atomic E-state index is 2.85. The quantitative estimate of drug-likeness (QED) is 0.0559. The van der Waals surface area contributed by atoms with Gasteiger partial charge in [0.05, 0.1) is 16.4 Å². The van der Waals surface area contributed by atoms with Gasteiger partial charge in [-0.15, -0.1) is 0 Å². The van der Waals surface area contributed by atoms with E-state index in [0.29, 0.717) is 0 Å². The molecule has 16 aromatic carbocycles. The lowest BCUT2D eigenvalue weighted by Crippen LogP contribution is -2.62. The van der Waals surface area contributed by atoms with Crippen LogP contribution < -0.4 is 26.2 Å². The molecule has 22 rings (SSSR count). The molecular weight excluding hydrogens is 1710 g/mol. The minimum absolute atomic E-state index is 0.0265. The van der Waals surface area contributed by atoms with Crippen LogP contribution in [0.5, 0.6) is 0 Å². The van der Waals surface area contributed by atoms with Gasteiger partial charge in [-0.3, -0.25) is 0 Å². The average Bonchev–Trinajstić information content (AvgIpc) is 1.50. The molecule has 0 atom stereocenters. The van der Waals surface area contributed by atoms with E-state index in [1.54, 1.807) is 0 Å². The third kappa shape index (κ3) is 16.4. The predicted molar refractivity (Wildman–Crippen MR) is 612 cm³/mol. The fourth-order valence-electron chi connectivity index (χ4n) is 24.7. The summed E-state index contributed by atoms with van der Waals surface area (Å²) in [5.74, 6) is 0. The van der Waals surface area contributed by atoms with Crippen LogP contribution in [0.4, 0.5) is 22.7 Å². The van der Waals surface area contributed by atoms with E-state index < -0.39 is 5.41 Å². The van der Waals surface area contributed by atoms with Gasteiger partial charge >= 0.3 is 0 Å². The molecule has 4 aliphatic rings. The van der Waals surface area contributed by atoms with Gasteiger partial charge in [0, 0.05) is 80.6 Å². The van der Waals surface area contributed by atoms with Crippen molar-refractivity contribution in [2.45, 2.75) is 253 Å². The van der Waals surface area contributed by atoms with Crippen molar-refractivity contribution in [1.82, 2.24) is 9.13 Å². The van der Waals surface area contributed by atoms with Gasteiger partial charge in [0.2, 0.25) is 0 Å². The molecule has 0 fully saturated rings. The number of para-hydroxylation sites is 1. The molecule has 0 saturated heterocycles. The molecule has 2 aromatic heterocycles. The summed E-state index contributed by atoms with van der Waals surface area (Å²) in [5.41, 5.74) is 50.0. The van der Waals surface area contributed by atoms with Crippen molar-refractivity contribution in [1.29, 1.82) is 0 Å². The second kappa shape index (κ2) is 35.1. The number of hydrogen-bond donors (Lipinski definition) is 0. The predicted octanol–water partition coefficient (Wildman–Crippen LogP) is 34.5. The number of unbranched alkanes of at least 4 members (excludes halogenated alkanes) is 3. The van der Waals surface area contributed by atoms with Crippen molar-refractivity contribution in [3.8, 4) is 72.4 Å². The van der Waals surface area contributed by atoms with E-state index in [2.05, 4.69) is 492 Å². The first-order valence-electron chi connectivity index (χ1n) is 53.0. The minimum atomic E-state index is -0.513. The van der Waals surface area contributed by atoms with Crippen LogP contribution in [0.1, 0.15) is 262 Å². The maximum Gasteiger partial charge on any atom is 0.252 e. The van der Waals surface area contributed by atoms with Crippen molar-refractivity contribution in [3.63, 3.8) is 0 Å². The molecule has 712 valence electrons. The smallest absolute Gasteiger partial charge is 0.252 e. The van der Waals surface area contributed by atoms with Crippen LogP contribution in [0.2, 0.25) is 0 Å². The van der Waals surface area contributed by atoms with E-state index in [-0.39, 0.29) is 44.6 Å². The maximum atomic E-state index is 2.85. The van der Waals surface area contributed by atoms with Crippen molar-refractivity contribution in [2.24, 2.45) is 0 Å². The van der Waals surface area contributed by atoms with Gasteiger partial charge in [0.25, 0.3) is 6.71 Å². The molecule has 2 aliphatic heterocycles. The summed E-state index contributed by atoms with van der Waals surface area (Å²) >= 11 is 0. The Morgan fingerprint density at radius 3 is 1.06 bits per heavy atom. The summed E-state index contributed by atoms with van der Waals surface area (Å²) in [4.78, 5) is 5.69. The molecule has 0 saturated carbocycles. The van der Waals surface area contributed by atoms with Gasteiger partial charge in [0.1, 0.15) is 0 Å². The van der Waals surface area contributed by atoms with Crippen LogP contribution in [0, 0.1) is 0 Å². The molecular formula is C137H141BN4. The van der Waals surface area contributed by atoms with Gasteiger partial charge in [-0.1, -0.05) is 407 Å². The highest BCUT2D eigenvalue weighted by atomic mass is 15.2. The zero-order valence-electron chi connectivity index (χ0n) is 88.0. The molecule has 1 spiro atoms. The lowest BCUT2D eigenvalue weighted by Gasteiger charge is -2.45. The normalized spacial score (nSPS) is 13.9. The number of anilines is 4. The number of aromatic nitrogens is 2. The fraction of sp³-hybridized carbons (Fsp3) is 0.299. The van der Waals surface area contributed by atoms with E-state index in [1.165, 1.54) is 233 Å². The Morgan fingerprint density at radius 1 is 0.232 bits per heavy atom. The molecule has 0 N–H and O–H groups in total. The number of fused-ring (bicyclic) bond motifs is 20. The molecule has 2 aliphatic carbocycles. The Kier molecular flexibility index (Phi) is 23.2. The fourth-order valence-corrected chi connectivity index (χ4v) is 24.7. The Morgan fingerprint density at radius 2 is 0.606 bits per heavy atom. The molecule has 18 aromatic rings. The van der Waals surface area contributed by atoms with Crippen molar-refractivity contribution < 1.29 is 0 Å². The SMILES string of the molecule is CC(C)(C)c1ccc(-c2cccc(-c3ccc(C(C)(C)C)cc3)c2CCCCCN2c3cc(-n4c5ccccc5c5cc6c(cc54)C4(c5ccccc5-c5ccccc54)c4ccccc4-6)ccc3B3c4ccc(CCCCn5c6ccc(C(C)(C)C)cc6c6cc(C(C)(C)C)ccc65)cc4N(CCCc4c(-c5ccc(C(C)(C)C)cc5)cccc4-c4ccc(C(C)(C)C)cc4)c4cc(C(C)(C)C)cc2c43)cc1. The van der Waals surface area contributed by atoms with Crippen molar-refractivity contribution >= 4 is 89.5 Å². The summed E-state index contributed by atoms with van der Waals surface area (Å²) < 4.78 is 5.30. The molecule has 0 unspecified atom stereocenters. The highest BCUT2D eigenvalue weighted by molar-refractivity contribution is 7.00. The highest BCUT2D eigenvalue weighted by Gasteiger charge is 2.52. The first-order chi connectivity index (χ1) is 67.9. The molecule has 0 radical (unpaired) electrons. The Bertz CT molecular complexity index is 7700. The zero-order chi connectivity index (χ0) is 98.8. The summed E-state index contributed by atoms with van der Waals surface area (Å²) in [7, 11) is 0. The van der Waals surface area contributed by atoms with Crippen LogP contribution in [0.25, 0.3) is 116 Å². The minimum Gasteiger partial charge on any atom is -0.342 e. The molecule has 0 amide bonds. The molecule has 142 heavy (non-hydrogen) atoms. The van der Waals surface area contributed by atoms with E-state index >= 15 is 0 Å². The van der Waals surface area contributed by atoms with Crippen molar-refractivity contribution in [3.05, 3.63) is 405 Å². The van der Waals surface area contributed by atoms with Crippen LogP contribution in [-0.4, -0.2) is 28.9 Å².